The normalized spacial score (nSPS) is 28.4. The summed E-state index contributed by atoms with van der Waals surface area (Å²) >= 11 is 0. The van der Waals surface area contributed by atoms with Crippen LogP contribution in [0, 0.1) is 29.4 Å². The van der Waals surface area contributed by atoms with Crippen molar-refractivity contribution in [2.24, 2.45) is 23.6 Å². The molecular weight excluding hydrogens is 258 g/mol. The van der Waals surface area contributed by atoms with Crippen LogP contribution in [0.5, 0.6) is 0 Å². The summed E-state index contributed by atoms with van der Waals surface area (Å²) in [5.41, 5.74) is 3.66. The lowest BCUT2D eigenvalue weighted by Gasteiger charge is -2.36. The molecule has 1 aromatic carbocycles. The Kier molecular flexibility index (Phi) is 5.11. The number of hydrazine groups is 1. The van der Waals surface area contributed by atoms with E-state index in [4.69, 9.17) is 5.84 Å². The van der Waals surface area contributed by atoms with Crippen molar-refractivity contribution in [1.82, 2.24) is 5.43 Å². The van der Waals surface area contributed by atoms with Crippen LogP contribution in [0.3, 0.4) is 0 Å². The molecule has 1 aliphatic carbocycles. The third-order valence-corrected chi connectivity index (χ3v) is 4.86. The first-order valence-corrected chi connectivity index (χ1v) is 7.41. The second kappa shape index (κ2) is 6.64. The van der Waals surface area contributed by atoms with Gasteiger partial charge in [-0.15, -0.1) is 0 Å². The summed E-state index contributed by atoms with van der Waals surface area (Å²) in [7, 11) is 0. The molecule has 0 radical (unpaired) electrons. The van der Waals surface area contributed by atoms with Crippen molar-refractivity contribution in [3.63, 3.8) is 0 Å². The topological polar surface area (TPSA) is 38.0 Å². The molecule has 0 aliphatic heterocycles. The van der Waals surface area contributed by atoms with Crippen molar-refractivity contribution in [2.45, 2.75) is 45.6 Å². The van der Waals surface area contributed by atoms with Gasteiger partial charge in [-0.1, -0.05) is 26.3 Å². The zero-order chi connectivity index (χ0) is 14.7. The molecule has 2 rings (SSSR count). The minimum absolute atomic E-state index is 0.120. The van der Waals surface area contributed by atoms with E-state index < -0.39 is 11.6 Å². The molecular formula is C16H24F2N2. The molecule has 0 spiro atoms. The first-order chi connectivity index (χ1) is 9.51. The lowest BCUT2D eigenvalue weighted by Crippen LogP contribution is -2.44. The van der Waals surface area contributed by atoms with Gasteiger partial charge in [0.25, 0.3) is 0 Å². The summed E-state index contributed by atoms with van der Waals surface area (Å²) in [6.07, 6.45) is 4.13. The predicted molar refractivity (Wildman–Crippen MR) is 76.8 cm³/mol. The number of nitrogens with one attached hydrogen (secondary N) is 1. The molecule has 1 saturated carbocycles. The molecule has 3 N–H and O–H groups in total. The zero-order valence-corrected chi connectivity index (χ0v) is 12.2. The Morgan fingerprint density at radius 3 is 2.55 bits per heavy atom. The molecule has 4 unspecified atom stereocenters. The van der Waals surface area contributed by atoms with Crippen LogP contribution in [0.4, 0.5) is 8.78 Å². The number of rotatable bonds is 4. The maximum Gasteiger partial charge on any atom is 0.159 e. The molecule has 0 heterocycles. The molecule has 0 amide bonds. The SMILES string of the molecule is CC1CCC(C(Cc2ccc(F)c(F)c2)NN)CC1C. The standard InChI is InChI=1S/C16H24F2N2/c1-10-3-5-13(7-11(10)2)16(20-19)9-12-4-6-14(17)15(18)8-12/h4,6,8,10-11,13,16,20H,3,5,7,9,19H2,1-2H3. The number of hydrogen-bond donors (Lipinski definition) is 2. The van der Waals surface area contributed by atoms with Crippen LogP contribution in [-0.2, 0) is 6.42 Å². The minimum Gasteiger partial charge on any atom is -0.271 e. The van der Waals surface area contributed by atoms with Gasteiger partial charge in [0, 0.05) is 6.04 Å². The van der Waals surface area contributed by atoms with E-state index in [-0.39, 0.29) is 6.04 Å². The predicted octanol–water partition coefficient (Wildman–Crippen LogP) is 3.41. The smallest absolute Gasteiger partial charge is 0.159 e. The van der Waals surface area contributed by atoms with Gasteiger partial charge in [0.1, 0.15) is 0 Å². The minimum atomic E-state index is -0.800. The Balaban J connectivity index is 2.03. The summed E-state index contributed by atoms with van der Waals surface area (Å²) in [5.74, 6) is 6.04. The third kappa shape index (κ3) is 3.55. The van der Waals surface area contributed by atoms with E-state index in [9.17, 15) is 8.78 Å². The summed E-state index contributed by atoms with van der Waals surface area (Å²) in [6, 6.07) is 4.21. The maximum absolute atomic E-state index is 13.3. The highest BCUT2D eigenvalue weighted by atomic mass is 19.2. The fourth-order valence-electron chi connectivity index (χ4n) is 3.24. The Hall–Kier alpha value is -1.00. The average molecular weight is 282 g/mol. The Bertz CT molecular complexity index is 450. The van der Waals surface area contributed by atoms with Crippen molar-refractivity contribution in [2.75, 3.05) is 0 Å². The van der Waals surface area contributed by atoms with Crippen LogP contribution in [0.15, 0.2) is 18.2 Å². The van der Waals surface area contributed by atoms with Crippen molar-refractivity contribution < 1.29 is 8.78 Å². The van der Waals surface area contributed by atoms with Crippen molar-refractivity contribution in [3.05, 3.63) is 35.4 Å². The molecule has 1 fully saturated rings. The van der Waals surface area contributed by atoms with Gasteiger partial charge in [-0.2, -0.15) is 0 Å². The Morgan fingerprint density at radius 1 is 1.20 bits per heavy atom. The fraction of sp³-hybridized carbons (Fsp3) is 0.625. The number of halogens is 2. The van der Waals surface area contributed by atoms with Crippen molar-refractivity contribution in [3.8, 4) is 0 Å². The molecule has 4 heteroatoms. The number of hydrogen-bond acceptors (Lipinski definition) is 2. The molecule has 1 aromatic rings. The summed E-state index contributed by atoms with van der Waals surface area (Å²) < 4.78 is 26.2. The van der Waals surface area contributed by atoms with E-state index in [0.717, 1.165) is 24.3 Å². The van der Waals surface area contributed by atoms with E-state index in [1.807, 2.05) is 0 Å². The highest BCUT2D eigenvalue weighted by Crippen LogP contribution is 2.35. The second-order valence-electron chi connectivity index (χ2n) is 6.25. The lowest BCUT2D eigenvalue weighted by molar-refractivity contribution is 0.170. The van der Waals surface area contributed by atoms with Gasteiger partial charge < -0.3 is 0 Å². The molecule has 0 aromatic heterocycles. The Morgan fingerprint density at radius 2 is 1.95 bits per heavy atom. The van der Waals surface area contributed by atoms with Crippen LogP contribution in [0.25, 0.3) is 0 Å². The summed E-state index contributed by atoms with van der Waals surface area (Å²) in [4.78, 5) is 0. The van der Waals surface area contributed by atoms with Crippen LogP contribution < -0.4 is 11.3 Å². The largest absolute Gasteiger partial charge is 0.271 e. The van der Waals surface area contributed by atoms with Crippen molar-refractivity contribution in [1.29, 1.82) is 0 Å². The van der Waals surface area contributed by atoms with Gasteiger partial charge in [0.15, 0.2) is 11.6 Å². The van der Waals surface area contributed by atoms with Crippen LogP contribution >= 0.6 is 0 Å². The number of nitrogens with two attached hydrogens (primary N) is 1. The fourth-order valence-corrected chi connectivity index (χ4v) is 3.24. The molecule has 4 atom stereocenters. The molecule has 20 heavy (non-hydrogen) atoms. The van der Waals surface area contributed by atoms with E-state index >= 15 is 0 Å². The molecule has 0 saturated heterocycles. The Labute approximate surface area is 119 Å². The average Bonchev–Trinajstić information content (AvgIpc) is 2.43. The van der Waals surface area contributed by atoms with E-state index in [1.165, 1.54) is 18.6 Å². The molecule has 112 valence electrons. The van der Waals surface area contributed by atoms with Gasteiger partial charge in [-0.3, -0.25) is 11.3 Å². The van der Waals surface area contributed by atoms with Crippen LogP contribution in [-0.4, -0.2) is 6.04 Å². The van der Waals surface area contributed by atoms with E-state index in [0.29, 0.717) is 18.3 Å². The zero-order valence-electron chi connectivity index (χ0n) is 12.2. The summed E-state index contributed by atoms with van der Waals surface area (Å²) in [6.45, 7) is 4.57. The van der Waals surface area contributed by atoms with Crippen molar-refractivity contribution >= 4 is 0 Å². The molecule has 0 bridgehead atoms. The first kappa shape index (κ1) is 15.4. The van der Waals surface area contributed by atoms with Gasteiger partial charge in [-0.05, 0) is 54.7 Å². The maximum atomic E-state index is 13.3. The van der Waals surface area contributed by atoms with Gasteiger partial charge >= 0.3 is 0 Å². The monoisotopic (exact) mass is 282 g/mol. The van der Waals surface area contributed by atoms with E-state index in [1.54, 1.807) is 6.07 Å². The lowest BCUT2D eigenvalue weighted by atomic mass is 9.72. The summed E-state index contributed by atoms with van der Waals surface area (Å²) in [5, 5.41) is 0. The quantitative estimate of drug-likeness (QED) is 0.656. The molecule has 1 aliphatic rings. The van der Waals surface area contributed by atoms with Crippen LogP contribution in [0.2, 0.25) is 0 Å². The second-order valence-corrected chi connectivity index (χ2v) is 6.25. The van der Waals surface area contributed by atoms with Gasteiger partial charge in [0.2, 0.25) is 0 Å². The highest BCUT2D eigenvalue weighted by molar-refractivity contribution is 5.19. The number of benzene rings is 1. The molecule has 2 nitrogen and oxygen atoms in total. The third-order valence-electron chi connectivity index (χ3n) is 4.86. The van der Waals surface area contributed by atoms with Gasteiger partial charge in [-0.25, -0.2) is 8.78 Å². The van der Waals surface area contributed by atoms with Crippen LogP contribution in [0.1, 0.15) is 38.7 Å². The first-order valence-electron chi connectivity index (χ1n) is 7.41. The van der Waals surface area contributed by atoms with Gasteiger partial charge in [0.05, 0.1) is 0 Å². The highest BCUT2D eigenvalue weighted by Gasteiger charge is 2.29. The van der Waals surface area contributed by atoms with E-state index in [2.05, 4.69) is 19.3 Å².